The Morgan fingerprint density at radius 1 is 1.10 bits per heavy atom. The van der Waals surface area contributed by atoms with Crippen molar-refractivity contribution < 1.29 is 17.9 Å². The number of fused-ring (bicyclic) bond motifs is 1. The van der Waals surface area contributed by atoms with E-state index in [-0.39, 0.29) is 10.8 Å². The highest BCUT2D eigenvalue weighted by Crippen LogP contribution is 2.32. The molecule has 0 spiro atoms. The highest BCUT2D eigenvalue weighted by Gasteiger charge is 2.22. The summed E-state index contributed by atoms with van der Waals surface area (Å²) in [5, 5.41) is 0.595. The summed E-state index contributed by atoms with van der Waals surface area (Å²) >= 11 is 1.43. The first-order valence-corrected chi connectivity index (χ1v) is 12.2. The third kappa shape index (κ3) is 5.16. The van der Waals surface area contributed by atoms with Gasteiger partial charge in [0, 0.05) is 24.9 Å². The maximum atomic E-state index is 13.3. The lowest BCUT2D eigenvalue weighted by atomic mass is 10.2. The highest BCUT2D eigenvalue weighted by molar-refractivity contribution is 7.90. The molecule has 0 saturated heterocycles. The van der Waals surface area contributed by atoms with E-state index < -0.39 is 9.84 Å². The second-order valence-corrected chi connectivity index (χ2v) is 10.1. The average Bonchev–Trinajstić information content (AvgIpc) is 3.10. The number of rotatable bonds is 8. The molecular weight excluding hydrogens is 422 g/mol. The quantitative estimate of drug-likeness (QED) is 0.527. The van der Waals surface area contributed by atoms with Crippen molar-refractivity contribution in [3.05, 3.63) is 48.0 Å². The fraction of sp³-hybridized carbons (Fsp3) is 0.333. The number of thiazole rings is 1. The summed E-state index contributed by atoms with van der Waals surface area (Å²) in [6, 6.07) is 11.7. The van der Waals surface area contributed by atoms with Crippen LogP contribution in [0.2, 0.25) is 0 Å². The normalized spacial score (nSPS) is 11.8. The number of ether oxygens (including phenoxy) is 1. The van der Waals surface area contributed by atoms with Crippen LogP contribution in [0.25, 0.3) is 10.2 Å². The first-order valence-electron chi connectivity index (χ1n) is 9.49. The van der Waals surface area contributed by atoms with Crippen molar-refractivity contribution in [1.29, 1.82) is 0 Å². The van der Waals surface area contributed by atoms with Crippen LogP contribution in [0.5, 0.6) is 5.75 Å². The van der Waals surface area contributed by atoms with E-state index in [1.165, 1.54) is 23.5 Å². The van der Waals surface area contributed by atoms with Crippen molar-refractivity contribution >= 4 is 42.4 Å². The van der Waals surface area contributed by atoms with Gasteiger partial charge in [0.05, 0.1) is 21.7 Å². The molecule has 1 heterocycles. The molecular formula is C21H25N3O4S2. The van der Waals surface area contributed by atoms with Crippen molar-refractivity contribution in [1.82, 2.24) is 9.88 Å². The molecule has 0 fully saturated rings. The Labute approximate surface area is 180 Å². The molecule has 0 N–H and O–H groups in total. The van der Waals surface area contributed by atoms with Crippen molar-refractivity contribution in [3.8, 4) is 5.75 Å². The van der Waals surface area contributed by atoms with Crippen LogP contribution in [0.3, 0.4) is 0 Å². The lowest BCUT2D eigenvalue weighted by Gasteiger charge is -2.22. The summed E-state index contributed by atoms with van der Waals surface area (Å²) in [5.41, 5.74) is 1.21. The molecule has 0 atom stereocenters. The molecule has 0 aliphatic rings. The summed E-state index contributed by atoms with van der Waals surface area (Å²) in [7, 11) is 0.562. The van der Waals surface area contributed by atoms with E-state index in [2.05, 4.69) is 4.98 Å². The van der Waals surface area contributed by atoms with E-state index in [1.54, 1.807) is 17.0 Å². The average molecular weight is 448 g/mol. The van der Waals surface area contributed by atoms with Gasteiger partial charge in [-0.2, -0.15) is 0 Å². The van der Waals surface area contributed by atoms with Crippen LogP contribution in [0.4, 0.5) is 5.13 Å². The molecule has 0 aliphatic heterocycles. The van der Waals surface area contributed by atoms with Crippen LogP contribution in [-0.2, 0) is 9.84 Å². The molecule has 7 nitrogen and oxygen atoms in total. The third-order valence-electron chi connectivity index (χ3n) is 4.44. The topological polar surface area (TPSA) is 79.8 Å². The molecule has 1 amide bonds. The maximum Gasteiger partial charge on any atom is 0.260 e. The molecule has 0 aliphatic carbocycles. The fourth-order valence-electron chi connectivity index (χ4n) is 2.85. The van der Waals surface area contributed by atoms with Crippen LogP contribution in [-0.4, -0.2) is 64.3 Å². The zero-order chi connectivity index (χ0) is 21.9. The first kappa shape index (κ1) is 22.2. The Morgan fingerprint density at radius 3 is 2.40 bits per heavy atom. The molecule has 0 bridgehead atoms. The van der Waals surface area contributed by atoms with Crippen LogP contribution in [0.15, 0.2) is 47.4 Å². The minimum absolute atomic E-state index is 0.183. The van der Waals surface area contributed by atoms with Gasteiger partial charge in [0.15, 0.2) is 15.0 Å². The number of amides is 1. The van der Waals surface area contributed by atoms with Gasteiger partial charge in [-0.15, -0.1) is 0 Å². The number of carbonyl (C=O) groups is 1. The van der Waals surface area contributed by atoms with Gasteiger partial charge >= 0.3 is 0 Å². The Bertz CT molecular complexity index is 1140. The van der Waals surface area contributed by atoms with Gasteiger partial charge in [0.25, 0.3) is 5.91 Å². The lowest BCUT2D eigenvalue weighted by molar-refractivity contribution is 0.0985. The number of aromatic nitrogens is 1. The SMILES string of the molecule is CCOc1ccc2nc(N(CCN(C)C)C(=O)c3ccc(S(C)(=O)=O)cc3)sc2c1. The monoisotopic (exact) mass is 447 g/mol. The minimum atomic E-state index is -3.32. The van der Waals surface area contributed by atoms with Gasteiger partial charge in [0.1, 0.15) is 5.75 Å². The van der Waals surface area contributed by atoms with Gasteiger partial charge in [-0.05, 0) is 63.5 Å². The predicted molar refractivity (Wildman–Crippen MR) is 121 cm³/mol. The van der Waals surface area contributed by atoms with E-state index >= 15 is 0 Å². The van der Waals surface area contributed by atoms with Crippen LogP contribution in [0.1, 0.15) is 17.3 Å². The van der Waals surface area contributed by atoms with Crippen LogP contribution >= 0.6 is 11.3 Å². The second kappa shape index (κ2) is 9.11. The van der Waals surface area contributed by atoms with Crippen molar-refractivity contribution in [2.45, 2.75) is 11.8 Å². The standard InChI is InChI=1S/C21H25N3O4S2/c1-5-28-16-8-11-18-19(14-16)29-21(22-18)24(13-12-23(2)3)20(25)15-6-9-17(10-7-15)30(4,26)27/h6-11,14H,5,12-13H2,1-4H3. The number of likely N-dealkylation sites (N-methyl/N-ethyl adjacent to an activating group) is 1. The van der Waals surface area contributed by atoms with E-state index in [9.17, 15) is 13.2 Å². The zero-order valence-corrected chi connectivity index (χ0v) is 19.1. The molecule has 9 heteroatoms. The van der Waals surface area contributed by atoms with E-state index in [0.29, 0.717) is 30.4 Å². The van der Waals surface area contributed by atoms with Crippen molar-refractivity contribution in [2.75, 3.05) is 44.9 Å². The smallest absolute Gasteiger partial charge is 0.260 e. The molecule has 30 heavy (non-hydrogen) atoms. The summed E-state index contributed by atoms with van der Waals surface area (Å²) in [6.07, 6.45) is 1.14. The molecule has 0 radical (unpaired) electrons. The summed E-state index contributed by atoms with van der Waals surface area (Å²) in [5.74, 6) is 0.545. The molecule has 1 aromatic heterocycles. The first-order chi connectivity index (χ1) is 14.2. The van der Waals surface area contributed by atoms with Crippen molar-refractivity contribution in [3.63, 3.8) is 0 Å². The van der Waals surface area contributed by atoms with Gasteiger partial charge in [-0.3, -0.25) is 9.69 Å². The molecule has 0 unspecified atom stereocenters. The number of sulfone groups is 1. The highest BCUT2D eigenvalue weighted by atomic mass is 32.2. The number of benzene rings is 2. The summed E-state index contributed by atoms with van der Waals surface area (Å²) in [6.45, 7) is 3.62. The summed E-state index contributed by atoms with van der Waals surface area (Å²) in [4.78, 5) is 21.7. The third-order valence-corrected chi connectivity index (χ3v) is 6.61. The number of anilines is 1. The fourth-order valence-corrected chi connectivity index (χ4v) is 4.50. The Kier molecular flexibility index (Phi) is 6.74. The number of nitrogens with zero attached hydrogens (tertiary/aromatic N) is 3. The molecule has 160 valence electrons. The molecule has 3 rings (SSSR count). The number of carbonyl (C=O) groups excluding carboxylic acids is 1. The van der Waals surface area contributed by atoms with Gasteiger partial charge in [-0.1, -0.05) is 11.3 Å². The zero-order valence-electron chi connectivity index (χ0n) is 17.5. The second-order valence-electron chi connectivity index (χ2n) is 7.12. The maximum absolute atomic E-state index is 13.3. The van der Waals surface area contributed by atoms with Gasteiger partial charge in [-0.25, -0.2) is 13.4 Å². The van der Waals surface area contributed by atoms with Crippen LogP contribution < -0.4 is 9.64 Å². The minimum Gasteiger partial charge on any atom is -0.494 e. The molecule has 2 aromatic carbocycles. The van der Waals surface area contributed by atoms with E-state index in [1.807, 2.05) is 44.1 Å². The number of hydrogen-bond acceptors (Lipinski definition) is 7. The Hall–Kier alpha value is -2.49. The molecule has 0 saturated carbocycles. The van der Waals surface area contributed by atoms with Crippen LogP contribution in [0, 0.1) is 0 Å². The van der Waals surface area contributed by atoms with E-state index in [4.69, 9.17) is 4.74 Å². The van der Waals surface area contributed by atoms with Crippen molar-refractivity contribution in [2.24, 2.45) is 0 Å². The molecule has 3 aromatic rings. The number of hydrogen-bond donors (Lipinski definition) is 0. The Balaban J connectivity index is 1.96. The largest absolute Gasteiger partial charge is 0.494 e. The summed E-state index contributed by atoms with van der Waals surface area (Å²) < 4.78 is 29.9. The van der Waals surface area contributed by atoms with Gasteiger partial charge < -0.3 is 9.64 Å². The van der Waals surface area contributed by atoms with E-state index in [0.717, 1.165) is 22.2 Å². The lowest BCUT2D eigenvalue weighted by Crippen LogP contribution is -2.36. The Morgan fingerprint density at radius 2 is 1.80 bits per heavy atom. The van der Waals surface area contributed by atoms with Gasteiger partial charge in [0.2, 0.25) is 0 Å². The predicted octanol–water partition coefficient (Wildman–Crippen LogP) is 3.31.